The van der Waals surface area contributed by atoms with Crippen molar-refractivity contribution < 1.29 is 9.53 Å². The van der Waals surface area contributed by atoms with E-state index in [2.05, 4.69) is 4.90 Å². The molecule has 1 aliphatic carbocycles. The SMILES string of the molecule is COc1ccc(C(=O)CN2CC3CCC2C3)cc1Cl. The van der Waals surface area contributed by atoms with Crippen molar-refractivity contribution in [2.75, 3.05) is 20.2 Å². The molecule has 1 heterocycles. The number of carbonyl (C=O) groups is 1. The minimum atomic E-state index is 0.150. The molecule has 4 heteroatoms. The zero-order valence-electron chi connectivity index (χ0n) is 11.1. The Labute approximate surface area is 118 Å². The molecule has 0 radical (unpaired) electrons. The quantitative estimate of drug-likeness (QED) is 0.794. The summed E-state index contributed by atoms with van der Waals surface area (Å²) in [4.78, 5) is 14.6. The fraction of sp³-hybridized carbons (Fsp3) is 0.533. The van der Waals surface area contributed by atoms with Gasteiger partial charge in [0.25, 0.3) is 0 Å². The third kappa shape index (κ3) is 2.49. The molecule has 2 aliphatic rings. The molecular weight excluding hydrogens is 262 g/mol. The van der Waals surface area contributed by atoms with Crippen LogP contribution in [0, 0.1) is 5.92 Å². The van der Waals surface area contributed by atoms with Crippen molar-refractivity contribution >= 4 is 17.4 Å². The van der Waals surface area contributed by atoms with Gasteiger partial charge >= 0.3 is 0 Å². The number of rotatable bonds is 4. The van der Waals surface area contributed by atoms with Crippen LogP contribution in [0.3, 0.4) is 0 Å². The molecule has 0 spiro atoms. The second-order valence-corrected chi connectivity index (χ2v) is 5.94. The van der Waals surface area contributed by atoms with Gasteiger partial charge in [-0.05, 0) is 43.4 Å². The maximum Gasteiger partial charge on any atom is 0.176 e. The van der Waals surface area contributed by atoms with Gasteiger partial charge in [0.1, 0.15) is 5.75 Å². The summed E-state index contributed by atoms with van der Waals surface area (Å²) in [6, 6.07) is 5.88. The summed E-state index contributed by atoms with van der Waals surface area (Å²) in [5.74, 6) is 1.58. The molecule has 1 aromatic carbocycles. The first kappa shape index (κ1) is 12.9. The highest BCUT2D eigenvalue weighted by molar-refractivity contribution is 6.32. The Balaban J connectivity index is 1.69. The first-order valence-electron chi connectivity index (χ1n) is 6.78. The molecule has 1 aromatic rings. The van der Waals surface area contributed by atoms with Crippen LogP contribution in [0.2, 0.25) is 5.02 Å². The molecule has 1 saturated carbocycles. The lowest BCUT2D eigenvalue weighted by atomic mass is 10.1. The Morgan fingerprint density at radius 2 is 2.32 bits per heavy atom. The van der Waals surface area contributed by atoms with Gasteiger partial charge < -0.3 is 4.74 Å². The average molecular weight is 280 g/mol. The molecule has 1 saturated heterocycles. The Morgan fingerprint density at radius 3 is 2.89 bits per heavy atom. The van der Waals surface area contributed by atoms with Gasteiger partial charge in [0.05, 0.1) is 18.7 Å². The second-order valence-electron chi connectivity index (χ2n) is 5.53. The standard InChI is InChI=1S/C15H18ClNO2/c1-19-15-5-3-11(7-13(15)16)14(18)9-17-8-10-2-4-12(17)6-10/h3,5,7,10,12H,2,4,6,8-9H2,1H3. The van der Waals surface area contributed by atoms with Crippen LogP contribution in [0.5, 0.6) is 5.75 Å². The largest absolute Gasteiger partial charge is 0.495 e. The van der Waals surface area contributed by atoms with E-state index in [0.717, 1.165) is 12.5 Å². The highest BCUT2D eigenvalue weighted by Crippen LogP contribution is 2.37. The number of halogens is 1. The maximum atomic E-state index is 12.3. The van der Waals surface area contributed by atoms with Crippen molar-refractivity contribution in [2.45, 2.75) is 25.3 Å². The molecule has 2 unspecified atom stereocenters. The van der Waals surface area contributed by atoms with Crippen molar-refractivity contribution in [3.05, 3.63) is 28.8 Å². The van der Waals surface area contributed by atoms with Crippen LogP contribution in [-0.2, 0) is 0 Å². The van der Waals surface area contributed by atoms with E-state index in [1.54, 1.807) is 25.3 Å². The first-order chi connectivity index (χ1) is 9.17. The molecule has 0 N–H and O–H groups in total. The lowest BCUT2D eigenvalue weighted by Crippen LogP contribution is -2.36. The number of hydrogen-bond donors (Lipinski definition) is 0. The van der Waals surface area contributed by atoms with Crippen molar-refractivity contribution in [3.8, 4) is 5.75 Å². The van der Waals surface area contributed by atoms with Gasteiger partial charge in [-0.25, -0.2) is 0 Å². The normalized spacial score (nSPS) is 25.8. The summed E-state index contributed by atoms with van der Waals surface area (Å²) >= 11 is 6.06. The number of likely N-dealkylation sites (tertiary alicyclic amines) is 1. The zero-order valence-corrected chi connectivity index (χ0v) is 11.8. The minimum Gasteiger partial charge on any atom is -0.495 e. The summed E-state index contributed by atoms with van der Waals surface area (Å²) in [6.07, 6.45) is 3.86. The van der Waals surface area contributed by atoms with E-state index in [1.165, 1.54) is 19.3 Å². The van der Waals surface area contributed by atoms with Crippen LogP contribution in [0.15, 0.2) is 18.2 Å². The number of methoxy groups -OCH3 is 1. The molecule has 0 aromatic heterocycles. The van der Waals surface area contributed by atoms with E-state index < -0.39 is 0 Å². The molecule has 102 valence electrons. The van der Waals surface area contributed by atoms with Crippen molar-refractivity contribution in [1.29, 1.82) is 0 Å². The van der Waals surface area contributed by atoms with Gasteiger partial charge in [-0.3, -0.25) is 9.69 Å². The monoisotopic (exact) mass is 279 g/mol. The predicted octanol–water partition coefficient (Wildman–Crippen LogP) is 3.02. The van der Waals surface area contributed by atoms with Crippen molar-refractivity contribution in [3.63, 3.8) is 0 Å². The van der Waals surface area contributed by atoms with Gasteiger partial charge in [-0.2, -0.15) is 0 Å². The average Bonchev–Trinajstić information content (AvgIpc) is 3.00. The van der Waals surface area contributed by atoms with E-state index in [0.29, 0.717) is 28.9 Å². The Morgan fingerprint density at radius 1 is 1.47 bits per heavy atom. The third-order valence-corrected chi connectivity index (χ3v) is 4.64. The highest BCUT2D eigenvalue weighted by Gasteiger charge is 2.38. The smallest absolute Gasteiger partial charge is 0.176 e. The van der Waals surface area contributed by atoms with Crippen LogP contribution in [0.4, 0.5) is 0 Å². The number of ether oxygens (including phenoxy) is 1. The predicted molar refractivity (Wildman–Crippen MR) is 75.0 cm³/mol. The molecule has 0 amide bonds. The summed E-state index contributed by atoms with van der Waals surface area (Å²) in [7, 11) is 1.57. The number of carbonyl (C=O) groups excluding carboxylic acids is 1. The van der Waals surface area contributed by atoms with Gasteiger partial charge in [-0.15, -0.1) is 0 Å². The summed E-state index contributed by atoms with van der Waals surface area (Å²) in [5.41, 5.74) is 0.675. The number of Topliss-reactive ketones (excluding diaryl/α,β-unsaturated/α-hetero) is 1. The van der Waals surface area contributed by atoms with Crippen LogP contribution in [0.1, 0.15) is 29.6 Å². The van der Waals surface area contributed by atoms with Gasteiger partial charge in [0.2, 0.25) is 0 Å². The number of fused-ring (bicyclic) bond motifs is 2. The summed E-state index contributed by atoms with van der Waals surface area (Å²) in [5, 5.41) is 0.497. The molecular formula is C15H18ClNO2. The van der Waals surface area contributed by atoms with Gasteiger partial charge in [-0.1, -0.05) is 11.6 Å². The lowest BCUT2D eigenvalue weighted by Gasteiger charge is -2.25. The highest BCUT2D eigenvalue weighted by atomic mass is 35.5. The molecule has 2 fully saturated rings. The zero-order chi connectivity index (χ0) is 13.4. The Kier molecular flexibility index (Phi) is 3.50. The maximum absolute atomic E-state index is 12.3. The number of benzene rings is 1. The Hall–Kier alpha value is -1.06. The molecule has 1 aliphatic heterocycles. The van der Waals surface area contributed by atoms with Crippen molar-refractivity contribution in [1.82, 2.24) is 4.90 Å². The van der Waals surface area contributed by atoms with E-state index >= 15 is 0 Å². The third-order valence-electron chi connectivity index (χ3n) is 4.34. The van der Waals surface area contributed by atoms with Crippen LogP contribution >= 0.6 is 11.6 Å². The van der Waals surface area contributed by atoms with E-state index in [-0.39, 0.29) is 5.78 Å². The van der Waals surface area contributed by atoms with Crippen LogP contribution in [0.25, 0.3) is 0 Å². The topological polar surface area (TPSA) is 29.5 Å². The second kappa shape index (κ2) is 5.14. The summed E-state index contributed by atoms with van der Waals surface area (Å²) < 4.78 is 5.10. The lowest BCUT2D eigenvalue weighted by molar-refractivity contribution is 0.0905. The van der Waals surface area contributed by atoms with Gasteiger partial charge in [0, 0.05) is 18.2 Å². The number of piperidine rings is 1. The summed E-state index contributed by atoms with van der Waals surface area (Å²) in [6.45, 7) is 1.60. The molecule has 2 bridgehead atoms. The first-order valence-corrected chi connectivity index (χ1v) is 7.16. The Bertz CT molecular complexity index is 503. The van der Waals surface area contributed by atoms with E-state index in [9.17, 15) is 4.79 Å². The number of hydrogen-bond acceptors (Lipinski definition) is 3. The fourth-order valence-electron chi connectivity index (χ4n) is 3.34. The molecule has 2 atom stereocenters. The van der Waals surface area contributed by atoms with E-state index in [4.69, 9.17) is 16.3 Å². The fourth-order valence-corrected chi connectivity index (χ4v) is 3.59. The van der Waals surface area contributed by atoms with Gasteiger partial charge in [0.15, 0.2) is 5.78 Å². The number of nitrogens with zero attached hydrogens (tertiary/aromatic N) is 1. The minimum absolute atomic E-state index is 0.150. The molecule has 3 nitrogen and oxygen atoms in total. The molecule has 19 heavy (non-hydrogen) atoms. The van der Waals surface area contributed by atoms with E-state index in [1.807, 2.05) is 0 Å². The van der Waals surface area contributed by atoms with Crippen molar-refractivity contribution in [2.24, 2.45) is 5.92 Å². The number of ketones is 1. The molecule has 3 rings (SSSR count). The van der Waals surface area contributed by atoms with Crippen LogP contribution in [-0.4, -0.2) is 36.9 Å². The van der Waals surface area contributed by atoms with Crippen LogP contribution < -0.4 is 4.74 Å².